The van der Waals surface area contributed by atoms with Gasteiger partial charge < -0.3 is 0 Å². The normalized spacial score (nSPS) is 10.7. The van der Waals surface area contributed by atoms with Crippen molar-refractivity contribution in [3.63, 3.8) is 0 Å². The molecular formula is C18H22SSe2. The Morgan fingerprint density at radius 3 is 1.48 bits per heavy atom. The summed E-state index contributed by atoms with van der Waals surface area (Å²) in [5.74, 6) is 0. The molecule has 0 aliphatic rings. The summed E-state index contributed by atoms with van der Waals surface area (Å²) in [6.07, 6.45) is 5.22. The molecule has 0 N–H and O–H groups in total. The van der Waals surface area contributed by atoms with Gasteiger partial charge in [-0.1, -0.05) is 0 Å². The van der Waals surface area contributed by atoms with E-state index in [0.717, 1.165) is 27.7 Å². The van der Waals surface area contributed by atoms with Crippen LogP contribution < -0.4 is 0 Å². The molecule has 0 radical (unpaired) electrons. The standard InChI is InChI=1S/C18H22SSe2/c1-3-9-17(10-4-1)13-7-15-20-19-21-16-8-14-18-11-5-2-6-12-18/h1-6,9-12H,7-8,13-16H2. The van der Waals surface area contributed by atoms with E-state index in [1.807, 2.05) is 0 Å². The molecule has 0 aliphatic heterocycles. The van der Waals surface area contributed by atoms with Crippen molar-refractivity contribution in [2.24, 2.45) is 0 Å². The molecule has 21 heavy (non-hydrogen) atoms. The first-order valence-electron chi connectivity index (χ1n) is 7.44. The van der Waals surface area contributed by atoms with Gasteiger partial charge in [-0.2, -0.15) is 0 Å². The zero-order chi connectivity index (χ0) is 14.6. The van der Waals surface area contributed by atoms with Crippen molar-refractivity contribution in [3.05, 3.63) is 71.8 Å². The summed E-state index contributed by atoms with van der Waals surface area (Å²) < 4.78 is 0. The molecule has 0 amide bonds. The molecule has 2 aromatic rings. The Hall–Kier alpha value is -0.171. The van der Waals surface area contributed by atoms with Gasteiger partial charge in [0.1, 0.15) is 0 Å². The van der Waals surface area contributed by atoms with Crippen molar-refractivity contribution in [2.45, 2.75) is 36.3 Å². The predicted octanol–water partition coefficient (Wildman–Crippen LogP) is 5.06. The minimum absolute atomic E-state index is 0.807. The average molecular weight is 428 g/mol. The molecule has 0 bridgehead atoms. The molecule has 0 atom stereocenters. The SMILES string of the molecule is c1ccc(CCC[Se]S[Se]CCCc2ccccc2)cc1. The third-order valence-electron chi connectivity index (χ3n) is 3.17. The van der Waals surface area contributed by atoms with Crippen LogP contribution in [0, 0.1) is 0 Å². The molecule has 0 fully saturated rings. The van der Waals surface area contributed by atoms with E-state index in [0.29, 0.717) is 0 Å². The van der Waals surface area contributed by atoms with Crippen LogP contribution in [-0.2, 0) is 12.8 Å². The summed E-state index contributed by atoms with van der Waals surface area (Å²) >= 11 is 1.61. The van der Waals surface area contributed by atoms with E-state index < -0.39 is 0 Å². The van der Waals surface area contributed by atoms with Crippen molar-refractivity contribution in [3.8, 4) is 0 Å². The summed E-state index contributed by atoms with van der Waals surface area (Å²) in [4.78, 5) is 0. The number of aryl methyl sites for hydroxylation is 2. The molecule has 0 aromatic heterocycles. The third kappa shape index (κ3) is 8.14. The number of rotatable bonds is 10. The van der Waals surface area contributed by atoms with Gasteiger partial charge in [-0.15, -0.1) is 0 Å². The maximum atomic E-state index is 2.25. The second-order valence-electron chi connectivity index (χ2n) is 4.89. The molecule has 0 saturated carbocycles. The van der Waals surface area contributed by atoms with E-state index in [9.17, 15) is 0 Å². The van der Waals surface area contributed by atoms with Gasteiger partial charge in [-0.05, 0) is 0 Å². The van der Waals surface area contributed by atoms with Crippen LogP contribution in [0.5, 0.6) is 0 Å². The summed E-state index contributed by atoms with van der Waals surface area (Å²) in [5.41, 5.74) is 2.98. The molecule has 2 rings (SSSR count). The van der Waals surface area contributed by atoms with E-state index in [2.05, 4.69) is 69.3 Å². The van der Waals surface area contributed by atoms with Gasteiger partial charge in [0.05, 0.1) is 0 Å². The van der Waals surface area contributed by atoms with Gasteiger partial charge >= 0.3 is 144 Å². The van der Waals surface area contributed by atoms with Gasteiger partial charge in [-0.25, -0.2) is 0 Å². The van der Waals surface area contributed by atoms with E-state index in [1.165, 1.54) is 47.4 Å². The van der Waals surface area contributed by atoms with Crippen molar-refractivity contribution in [1.82, 2.24) is 0 Å². The number of benzene rings is 2. The first kappa shape index (κ1) is 17.2. The molecule has 0 aliphatic carbocycles. The zero-order valence-corrected chi connectivity index (χ0v) is 16.5. The molecule has 0 saturated heterocycles. The van der Waals surface area contributed by atoms with Crippen LogP contribution in [0.2, 0.25) is 10.6 Å². The second kappa shape index (κ2) is 11.4. The van der Waals surface area contributed by atoms with Crippen LogP contribution in [0.3, 0.4) is 0 Å². The summed E-state index contributed by atoms with van der Waals surface area (Å²) in [7, 11) is 2.25. The van der Waals surface area contributed by atoms with E-state index >= 15 is 0 Å². The predicted molar refractivity (Wildman–Crippen MR) is 98.2 cm³/mol. The summed E-state index contributed by atoms with van der Waals surface area (Å²) in [6.45, 7) is 0. The molecule has 0 unspecified atom stereocenters. The Morgan fingerprint density at radius 1 is 0.619 bits per heavy atom. The topological polar surface area (TPSA) is 0 Å². The second-order valence-corrected chi connectivity index (χ2v) is 15.5. The number of hydrogen-bond acceptors (Lipinski definition) is 1. The Bertz CT molecular complexity index is 428. The fourth-order valence-electron chi connectivity index (χ4n) is 2.06. The van der Waals surface area contributed by atoms with Crippen LogP contribution >= 0.6 is 8.60 Å². The molecular weight excluding hydrogens is 406 g/mol. The molecule has 0 heterocycles. The zero-order valence-electron chi connectivity index (χ0n) is 12.2. The summed E-state index contributed by atoms with van der Waals surface area (Å²) in [5, 5.41) is 2.85. The fourth-order valence-corrected chi connectivity index (χ4v) is 12.6. The van der Waals surface area contributed by atoms with Gasteiger partial charge in [0.2, 0.25) is 0 Å². The first-order valence-corrected chi connectivity index (χ1v) is 14.7. The monoisotopic (exact) mass is 430 g/mol. The van der Waals surface area contributed by atoms with Crippen LogP contribution in [0.4, 0.5) is 0 Å². The quantitative estimate of drug-likeness (QED) is 0.377. The van der Waals surface area contributed by atoms with Crippen molar-refractivity contribution >= 4 is 36.3 Å². The average Bonchev–Trinajstić information content (AvgIpc) is 2.55. The molecule has 2 aromatic carbocycles. The van der Waals surface area contributed by atoms with E-state index in [-0.39, 0.29) is 0 Å². The van der Waals surface area contributed by atoms with Gasteiger partial charge in [0.15, 0.2) is 0 Å². The number of hydrogen-bond donors (Lipinski definition) is 0. The summed E-state index contributed by atoms with van der Waals surface area (Å²) in [6, 6.07) is 21.7. The molecule has 0 spiro atoms. The van der Waals surface area contributed by atoms with E-state index in [1.54, 1.807) is 0 Å². The Balaban J connectivity index is 1.40. The Kier molecular flexibility index (Phi) is 9.33. The van der Waals surface area contributed by atoms with Crippen LogP contribution in [-0.4, -0.2) is 27.7 Å². The van der Waals surface area contributed by atoms with Crippen molar-refractivity contribution in [2.75, 3.05) is 0 Å². The van der Waals surface area contributed by atoms with Gasteiger partial charge in [-0.3, -0.25) is 0 Å². The van der Waals surface area contributed by atoms with Gasteiger partial charge in [0.25, 0.3) is 0 Å². The van der Waals surface area contributed by atoms with Crippen molar-refractivity contribution < 1.29 is 0 Å². The minimum atomic E-state index is 0.807. The third-order valence-corrected chi connectivity index (χ3v) is 14.5. The van der Waals surface area contributed by atoms with Crippen LogP contribution in [0.1, 0.15) is 24.0 Å². The molecule has 112 valence electrons. The molecule has 3 heteroatoms. The molecule has 0 nitrogen and oxygen atoms in total. The van der Waals surface area contributed by atoms with Gasteiger partial charge in [0, 0.05) is 0 Å². The Morgan fingerprint density at radius 2 is 1.05 bits per heavy atom. The van der Waals surface area contributed by atoms with Crippen LogP contribution in [0.15, 0.2) is 60.7 Å². The fraction of sp³-hybridized carbons (Fsp3) is 0.333. The Labute approximate surface area is 143 Å². The maximum absolute atomic E-state index is 2.25. The first-order chi connectivity index (χ1) is 10.4. The van der Waals surface area contributed by atoms with E-state index in [4.69, 9.17) is 0 Å². The van der Waals surface area contributed by atoms with Crippen LogP contribution in [0.25, 0.3) is 0 Å². The van der Waals surface area contributed by atoms with Crippen molar-refractivity contribution in [1.29, 1.82) is 0 Å².